The summed E-state index contributed by atoms with van der Waals surface area (Å²) >= 11 is 0. The van der Waals surface area contributed by atoms with E-state index in [9.17, 15) is 4.79 Å². The molecular formula is C18H36N2O3. The van der Waals surface area contributed by atoms with Gasteiger partial charge >= 0.3 is 0 Å². The van der Waals surface area contributed by atoms with Crippen LogP contribution in [0.15, 0.2) is 0 Å². The molecule has 0 aromatic carbocycles. The van der Waals surface area contributed by atoms with Crippen LogP contribution in [-0.4, -0.2) is 60.4 Å². The summed E-state index contributed by atoms with van der Waals surface area (Å²) < 4.78 is 11.5. The normalized spacial score (nSPS) is 22.3. The van der Waals surface area contributed by atoms with Gasteiger partial charge in [0.2, 0.25) is 5.91 Å². The summed E-state index contributed by atoms with van der Waals surface area (Å²) in [5.41, 5.74) is -0.709. The van der Waals surface area contributed by atoms with Gasteiger partial charge in [-0.15, -0.1) is 0 Å². The predicted octanol–water partition coefficient (Wildman–Crippen LogP) is 2.44. The highest BCUT2D eigenvalue weighted by molar-refractivity contribution is 5.86. The number of amides is 1. The third kappa shape index (κ3) is 7.19. The van der Waals surface area contributed by atoms with Gasteiger partial charge in [-0.2, -0.15) is 0 Å². The van der Waals surface area contributed by atoms with Gasteiger partial charge in [0.25, 0.3) is 0 Å². The predicted molar refractivity (Wildman–Crippen MR) is 93.6 cm³/mol. The molecule has 0 aromatic rings. The topological polar surface area (TPSA) is 50.8 Å². The maximum absolute atomic E-state index is 12.5. The number of rotatable bonds is 7. The first-order valence-corrected chi connectivity index (χ1v) is 8.63. The number of nitrogens with one attached hydrogen (secondary N) is 1. The van der Waals surface area contributed by atoms with Crippen LogP contribution >= 0.6 is 0 Å². The van der Waals surface area contributed by atoms with Gasteiger partial charge in [0, 0.05) is 24.5 Å². The van der Waals surface area contributed by atoms with E-state index in [2.05, 4.69) is 46.9 Å². The minimum atomic E-state index is -0.518. The largest absolute Gasteiger partial charge is 0.379 e. The highest BCUT2D eigenvalue weighted by Crippen LogP contribution is 2.21. The van der Waals surface area contributed by atoms with Gasteiger partial charge < -0.3 is 14.4 Å². The van der Waals surface area contributed by atoms with Gasteiger partial charge in [-0.05, 0) is 48.5 Å². The average molecular weight is 328 g/mol. The zero-order chi connectivity index (χ0) is 17.9. The molecule has 23 heavy (non-hydrogen) atoms. The van der Waals surface area contributed by atoms with Crippen molar-refractivity contribution in [2.24, 2.45) is 5.92 Å². The molecule has 1 amide bonds. The molecule has 1 unspecified atom stereocenters. The quantitative estimate of drug-likeness (QED) is 0.729. The summed E-state index contributed by atoms with van der Waals surface area (Å²) in [5.74, 6) is 0.491. The van der Waals surface area contributed by atoms with Crippen LogP contribution in [0.25, 0.3) is 0 Å². The van der Waals surface area contributed by atoms with E-state index in [4.69, 9.17) is 9.47 Å². The lowest BCUT2D eigenvalue weighted by Crippen LogP contribution is -2.69. The van der Waals surface area contributed by atoms with Gasteiger partial charge in [-0.3, -0.25) is 10.1 Å². The van der Waals surface area contributed by atoms with Crippen LogP contribution in [0, 0.1) is 5.92 Å². The molecule has 0 aromatic heterocycles. The maximum atomic E-state index is 12.5. The lowest BCUT2D eigenvalue weighted by atomic mass is 9.91. The van der Waals surface area contributed by atoms with Crippen LogP contribution in [0.1, 0.15) is 55.4 Å². The molecule has 5 nitrogen and oxygen atoms in total. The van der Waals surface area contributed by atoms with Crippen LogP contribution in [-0.2, 0) is 14.3 Å². The molecule has 1 aliphatic rings. The molecule has 1 aliphatic heterocycles. The Bertz CT molecular complexity index is 400. The van der Waals surface area contributed by atoms with Gasteiger partial charge in [0.1, 0.15) is 0 Å². The number of hydrogen-bond acceptors (Lipinski definition) is 4. The average Bonchev–Trinajstić information content (AvgIpc) is 2.35. The standard InChI is InChI=1S/C18H36N2O3/c1-14(12-23-16(2,3)4)11-22-10-9-20-13-17(5,6)19-18(7,8)15(20)21/h14,19H,9-13H2,1-8H3. The third-order valence-corrected chi connectivity index (χ3v) is 3.77. The SMILES string of the molecule is CC(COCCN1CC(C)(C)NC(C)(C)C1=O)COC(C)(C)C. The molecular weight excluding hydrogens is 292 g/mol. The van der Waals surface area contributed by atoms with E-state index in [0.29, 0.717) is 38.8 Å². The minimum Gasteiger partial charge on any atom is -0.379 e. The highest BCUT2D eigenvalue weighted by atomic mass is 16.5. The molecule has 1 saturated heterocycles. The fraction of sp³-hybridized carbons (Fsp3) is 0.944. The molecule has 0 spiro atoms. The second kappa shape index (κ2) is 7.49. The molecule has 5 heteroatoms. The number of ether oxygens (including phenoxy) is 2. The zero-order valence-corrected chi connectivity index (χ0v) is 16.3. The number of piperazine rings is 1. The fourth-order valence-electron chi connectivity index (χ4n) is 2.96. The second-order valence-corrected chi connectivity index (χ2v) is 8.96. The van der Waals surface area contributed by atoms with Crippen LogP contribution in [0.5, 0.6) is 0 Å². The van der Waals surface area contributed by atoms with Crippen molar-refractivity contribution in [3.63, 3.8) is 0 Å². The number of hydrogen-bond donors (Lipinski definition) is 1. The van der Waals surface area contributed by atoms with Crippen LogP contribution in [0.2, 0.25) is 0 Å². The summed E-state index contributed by atoms with van der Waals surface area (Å²) in [6, 6.07) is 0. The summed E-state index contributed by atoms with van der Waals surface area (Å²) in [7, 11) is 0. The maximum Gasteiger partial charge on any atom is 0.242 e. The second-order valence-electron chi connectivity index (χ2n) is 8.96. The summed E-state index contributed by atoms with van der Waals surface area (Å²) in [6.45, 7) is 19.7. The Morgan fingerprint density at radius 1 is 1.22 bits per heavy atom. The van der Waals surface area contributed by atoms with Crippen molar-refractivity contribution in [1.82, 2.24) is 10.2 Å². The molecule has 0 bridgehead atoms. The van der Waals surface area contributed by atoms with Gasteiger partial charge in [0.15, 0.2) is 0 Å². The third-order valence-electron chi connectivity index (χ3n) is 3.77. The molecule has 136 valence electrons. The molecule has 1 rings (SSSR count). The Hall–Kier alpha value is -0.650. The number of carbonyl (C=O) groups excluding carboxylic acids is 1. The Labute approximate surface area is 142 Å². The van der Waals surface area contributed by atoms with E-state index >= 15 is 0 Å². The summed E-state index contributed by atoms with van der Waals surface area (Å²) in [4.78, 5) is 14.4. The van der Waals surface area contributed by atoms with E-state index in [1.165, 1.54) is 0 Å². The van der Waals surface area contributed by atoms with E-state index in [-0.39, 0.29) is 17.0 Å². The lowest BCUT2D eigenvalue weighted by molar-refractivity contribution is -0.144. The van der Waals surface area contributed by atoms with Crippen molar-refractivity contribution >= 4 is 5.91 Å². The van der Waals surface area contributed by atoms with Crippen LogP contribution in [0.4, 0.5) is 0 Å². The van der Waals surface area contributed by atoms with E-state index in [0.717, 1.165) is 0 Å². The molecule has 1 fully saturated rings. The molecule has 0 aliphatic carbocycles. The lowest BCUT2D eigenvalue weighted by Gasteiger charge is -2.47. The Morgan fingerprint density at radius 2 is 1.83 bits per heavy atom. The molecule has 1 atom stereocenters. The Morgan fingerprint density at radius 3 is 2.39 bits per heavy atom. The van der Waals surface area contributed by atoms with Crippen LogP contribution in [0.3, 0.4) is 0 Å². The number of carbonyl (C=O) groups is 1. The van der Waals surface area contributed by atoms with Crippen molar-refractivity contribution in [1.29, 1.82) is 0 Å². The first-order chi connectivity index (χ1) is 10.3. The van der Waals surface area contributed by atoms with Gasteiger partial charge in [0.05, 0.1) is 31.0 Å². The van der Waals surface area contributed by atoms with E-state index in [1.807, 2.05) is 18.7 Å². The summed E-state index contributed by atoms with van der Waals surface area (Å²) in [5, 5.41) is 3.40. The molecule has 0 saturated carbocycles. The minimum absolute atomic E-state index is 0.0781. The smallest absolute Gasteiger partial charge is 0.242 e. The van der Waals surface area contributed by atoms with E-state index < -0.39 is 5.54 Å². The van der Waals surface area contributed by atoms with Crippen molar-refractivity contribution in [2.45, 2.75) is 72.1 Å². The number of nitrogens with zero attached hydrogens (tertiary/aromatic N) is 1. The first kappa shape index (κ1) is 20.4. The Balaban J connectivity index is 2.33. The van der Waals surface area contributed by atoms with Gasteiger partial charge in [-0.25, -0.2) is 0 Å². The van der Waals surface area contributed by atoms with Crippen LogP contribution < -0.4 is 5.32 Å². The highest BCUT2D eigenvalue weighted by Gasteiger charge is 2.42. The van der Waals surface area contributed by atoms with Crippen molar-refractivity contribution in [3.05, 3.63) is 0 Å². The first-order valence-electron chi connectivity index (χ1n) is 8.63. The van der Waals surface area contributed by atoms with E-state index in [1.54, 1.807) is 0 Å². The van der Waals surface area contributed by atoms with Crippen molar-refractivity contribution in [2.75, 3.05) is 32.9 Å². The summed E-state index contributed by atoms with van der Waals surface area (Å²) in [6.07, 6.45) is 0. The fourth-order valence-corrected chi connectivity index (χ4v) is 2.96. The molecule has 1 heterocycles. The Kier molecular flexibility index (Phi) is 6.64. The monoisotopic (exact) mass is 328 g/mol. The van der Waals surface area contributed by atoms with Gasteiger partial charge in [-0.1, -0.05) is 6.92 Å². The van der Waals surface area contributed by atoms with Crippen molar-refractivity contribution < 1.29 is 14.3 Å². The zero-order valence-electron chi connectivity index (χ0n) is 16.3. The molecule has 0 radical (unpaired) electrons. The molecule has 1 N–H and O–H groups in total. The van der Waals surface area contributed by atoms with Crippen molar-refractivity contribution in [3.8, 4) is 0 Å².